The minimum Gasteiger partial charge on any atom is -0.355 e. The van der Waals surface area contributed by atoms with E-state index in [4.69, 9.17) is 4.98 Å². The van der Waals surface area contributed by atoms with Crippen molar-refractivity contribution in [2.24, 2.45) is 0 Å². The molecule has 0 unspecified atom stereocenters. The highest BCUT2D eigenvalue weighted by atomic mass is 16.1. The third-order valence-corrected chi connectivity index (χ3v) is 4.65. The maximum Gasteiger partial charge on any atom is 0.278 e. The van der Waals surface area contributed by atoms with Gasteiger partial charge in [0.2, 0.25) is 0 Å². The van der Waals surface area contributed by atoms with E-state index in [-0.39, 0.29) is 5.91 Å². The van der Waals surface area contributed by atoms with Gasteiger partial charge in [-0.3, -0.25) is 4.79 Å². The van der Waals surface area contributed by atoms with Gasteiger partial charge in [-0.15, -0.1) is 0 Å². The second kappa shape index (κ2) is 6.75. The third kappa shape index (κ3) is 3.25. The number of rotatable bonds is 3. The van der Waals surface area contributed by atoms with Gasteiger partial charge in [0, 0.05) is 18.8 Å². The Labute approximate surface area is 153 Å². The Hall–Kier alpha value is -2.95. The highest BCUT2D eigenvalue weighted by molar-refractivity contribution is 6.07. The standard InChI is InChI=1S/C21H22N4O/c1-14-11-15(2)13-16(12-14)22-21(26)19-20(25-9-5-6-10-25)24-18-8-4-3-7-17(18)23-19/h3-4,7-8,11-13H,5-6,9-10H2,1-2H3,(H,22,26). The summed E-state index contributed by atoms with van der Waals surface area (Å²) in [6.07, 6.45) is 2.24. The van der Waals surface area contributed by atoms with Crippen molar-refractivity contribution in [2.75, 3.05) is 23.3 Å². The van der Waals surface area contributed by atoms with E-state index >= 15 is 0 Å². The topological polar surface area (TPSA) is 58.1 Å². The zero-order valence-electron chi connectivity index (χ0n) is 15.1. The Balaban J connectivity index is 1.75. The highest BCUT2D eigenvalue weighted by Gasteiger charge is 2.23. The molecule has 2 heterocycles. The number of benzene rings is 2. The molecule has 1 saturated heterocycles. The van der Waals surface area contributed by atoms with E-state index in [1.54, 1.807) is 0 Å². The lowest BCUT2D eigenvalue weighted by Crippen LogP contribution is -2.25. The minimum atomic E-state index is -0.213. The molecule has 132 valence electrons. The normalized spacial score (nSPS) is 14.0. The van der Waals surface area contributed by atoms with Gasteiger partial charge >= 0.3 is 0 Å². The number of aryl methyl sites for hydroxylation is 2. The lowest BCUT2D eigenvalue weighted by molar-refractivity contribution is 0.102. The second-order valence-corrected chi connectivity index (χ2v) is 6.91. The molecule has 5 heteroatoms. The van der Waals surface area contributed by atoms with E-state index in [0.29, 0.717) is 11.5 Å². The van der Waals surface area contributed by atoms with E-state index in [9.17, 15) is 4.79 Å². The van der Waals surface area contributed by atoms with Crippen molar-refractivity contribution >= 4 is 28.4 Å². The summed E-state index contributed by atoms with van der Waals surface area (Å²) < 4.78 is 0. The SMILES string of the molecule is Cc1cc(C)cc(NC(=O)c2nc3ccccc3nc2N2CCCC2)c1. The Morgan fingerprint density at radius 3 is 2.23 bits per heavy atom. The molecule has 0 saturated carbocycles. The third-order valence-electron chi connectivity index (χ3n) is 4.65. The molecule has 0 atom stereocenters. The van der Waals surface area contributed by atoms with E-state index in [1.807, 2.05) is 50.2 Å². The Morgan fingerprint density at radius 2 is 1.58 bits per heavy atom. The molecule has 1 N–H and O–H groups in total. The fourth-order valence-corrected chi connectivity index (χ4v) is 3.53. The number of para-hydroxylation sites is 2. The van der Waals surface area contributed by atoms with Crippen LogP contribution >= 0.6 is 0 Å². The predicted molar refractivity (Wildman–Crippen MR) is 105 cm³/mol. The van der Waals surface area contributed by atoms with Gasteiger partial charge in [-0.2, -0.15) is 0 Å². The maximum atomic E-state index is 13.0. The van der Waals surface area contributed by atoms with Gasteiger partial charge < -0.3 is 10.2 Å². The molecule has 1 fully saturated rings. The van der Waals surface area contributed by atoms with Crippen molar-refractivity contribution < 1.29 is 4.79 Å². The van der Waals surface area contributed by atoms with Crippen molar-refractivity contribution in [3.05, 3.63) is 59.3 Å². The van der Waals surface area contributed by atoms with Crippen LogP contribution in [-0.4, -0.2) is 29.0 Å². The molecule has 1 aliphatic heterocycles. The van der Waals surface area contributed by atoms with Gasteiger partial charge in [-0.05, 0) is 62.1 Å². The van der Waals surface area contributed by atoms with Gasteiger partial charge in [0.25, 0.3) is 5.91 Å². The van der Waals surface area contributed by atoms with Gasteiger partial charge in [0.15, 0.2) is 11.5 Å². The van der Waals surface area contributed by atoms with Crippen LogP contribution in [0, 0.1) is 13.8 Å². The van der Waals surface area contributed by atoms with Crippen molar-refractivity contribution in [1.82, 2.24) is 9.97 Å². The lowest BCUT2D eigenvalue weighted by atomic mass is 10.1. The molecule has 0 bridgehead atoms. The number of nitrogens with zero attached hydrogens (tertiary/aromatic N) is 3. The first-order valence-electron chi connectivity index (χ1n) is 9.01. The number of amides is 1. The van der Waals surface area contributed by atoms with Crippen LogP contribution in [0.5, 0.6) is 0 Å². The first-order chi connectivity index (χ1) is 12.6. The Morgan fingerprint density at radius 1 is 0.962 bits per heavy atom. The number of carbonyl (C=O) groups excluding carboxylic acids is 1. The van der Waals surface area contributed by atoms with Crippen LogP contribution in [0.2, 0.25) is 0 Å². The van der Waals surface area contributed by atoms with Crippen LogP contribution in [0.15, 0.2) is 42.5 Å². The summed E-state index contributed by atoms with van der Waals surface area (Å²) in [6.45, 7) is 5.87. The largest absolute Gasteiger partial charge is 0.355 e. The zero-order valence-corrected chi connectivity index (χ0v) is 15.1. The smallest absolute Gasteiger partial charge is 0.278 e. The van der Waals surface area contributed by atoms with Gasteiger partial charge in [0.1, 0.15) is 0 Å². The van der Waals surface area contributed by atoms with Gasteiger partial charge in [-0.1, -0.05) is 18.2 Å². The molecular formula is C21H22N4O. The fourth-order valence-electron chi connectivity index (χ4n) is 3.53. The molecule has 5 nitrogen and oxygen atoms in total. The van der Waals surface area contributed by atoms with Crippen LogP contribution in [0.1, 0.15) is 34.5 Å². The van der Waals surface area contributed by atoms with E-state index in [1.165, 1.54) is 0 Å². The number of carbonyl (C=O) groups is 1. The lowest BCUT2D eigenvalue weighted by Gasteiger charge is -2.19. The molecule has 2 aromatic carbocycles. The Bertz CT molecular complexity index is 957. The summed E-state index contributed by atoms with van der Waals surface area (Å²) in [4.78, 5) is 24.6. The molecule has 0 aliphatic carbocycles. The van der Waals surface area contributed by atoms with Gasteiger partial charge in [-0.25, -0.2) is 9.97 Å². The average Bonchev–Trinajstić information content (AvgIpc) is 3.14. The van der Waals surface area contributed by atoms with Crippen LogP contribution in [-0.2, 0) is 0 Å². The van der Waals surface area contributed by atoms with Crippen molar-refractivity contribution in [3.8, 4) is 0 Å². The highest BCUT2D eigenvalue weighted by Crippen LogP contribution is 2.25. The number of fused-ring (bicyclic) bond motifs is 1. The summed E-state index contributed by atoms with van der Waals surface area (Å²) in [5.41, 5.74) is 4.97. The van der Waals surface area contributed by atoms with Crippen molar-refractivity contribution in [3.63, 3.8) is 0 Å². The number of aromatic nitrogens is 2. The maximum absolute atomic E-state index is 13.0. The summed E-state index contributed by atoms with van der Waals surface area (Å²) in [6, 6.07) is 13.7. The van der Waals surface area contributed by atoms with E-state index in [0.717, 1.165) is 53.8 Å². The zero-order chi connectivity index (χ0) is 18.1. The number of hydrogen-bond acceptors (Lipinski definition) is 4. The average molecular weight is 346 g/mol. The molecular weight excluding hydrogens is 324 g/mol. The van der Waals surface area contributed by atoms with Crippen LogP contribution in [0.25, 0.3) is 11.0 Å². The second-order valence-electron chi connectivity index (χ2n) is 6.91. The van der Waals surface area contributed by atoms with Crippen molar-refractivity contribution in [2.45, 2.75) is 26.7 Å². The van der Waals surface area contributed by atoms with Crippen molar-refractivity contribution in [1.29, 1.82) is 0 Å². The number of anilines is 2. The summed E-state index contributed by atoms with van der Waals surface area (Å²) >= 11 is 0. The first kappa shape index (κ1) is 16.5. The molecule has 3 aromatic rings. The molecule has 1 aromatic heterocycles. The fraction of sp³-hybridized carbons (Fsp3) is 0.286. The minimum absolute atomic E-state index is 0.213. The molecule has 1 amide bonds. The summed E-state index contributed by atoms with van der Waals surface area (Å²) in [5, 5.41) is 3.00. The molecule has 26 heavy (non-hydrogen) atoms. The summed E-state index contributed by atoms with van der Waals surface area (Å²) in [5.74, 6) is 0.471. The first-order valence-corrected chi connectivity index (χ1v) is 9.01. The Kier molecular flexibility index (Phi) is 4.29. The van der Waals surface area contributed by atoms with Crippen LogP contribution in [0.3, 0.4) is 0 Å². The summed E-state index contributed by atoms with van der Waals surface area (Å²) in [7, 11) is 0. The quantitative estimate of drug-likeness (QED) is 0.776. The van der Waals surface area contributed by atoms with Crippen LogP contribution in [0.4, 0.5) is 11.5 Å². The molecule has 4 rings (SSSR count). The molecule has 1 aliphatic rings. The predicted octanol–water partition coefficient (Wildman–Crippen LogP) is 4.10. The van der Waals surface area contributed by atoms with E-state index < -0.39 is 0 Å². The molecule has 0 radical (unpaired) electrons. The van der Waals surface area contributed by atoms with Gasteiger partial charge in [0.05, 0.1) is 11.0 Å². The monoisotopic (exact) mass is 346 g/mol. The number of hydrogen-bond donors (Lipinski definition) is 1. The van der Waals surface area contributed by atoms with Crippen LogP contribution < -0.4 is 10.2 Å². The molecule has 0 spiro atoms. The number of nitrogens with one attached hydrogen (secondary N) is 1. The van der Waals surface area contributed by atoms with E-state index in [2.05, 4.69) is 21.3 Å².